The van der Waals surface area contributed by atoms with Gasteiger partial charge in [-0.1, -0.05) is 5.16 Å². The first kappa shape index (κ1) is 10.6. The monoisotopic (exact) mass is 208 g/mol. The second-order valence-corrected chi connectivity index (χ2v) is 2.41. The molecule has 2 N–H and O–H groups in total. The lowest BCUT2D eigenvalue weighted by Crippen LogP contribution is -2.22. The number of rotatable bonds is 5. The molecule has 78 valence electrons. The number of carbonyl (C=O) groups excluding carboxylic acids is 1. The van der Waals surface area contributed by atoms with E-state index < -0.39 is 11.6 Å². The third-order valence-corrected chi connectivity index (χ3v) is 1.37. The Hall–Kier alpha value is -2.43. The number of nitriles is 1. The van der Waals surface area contributed by atoms with Crippen molar-refractivity contribution in [1.29, 1.82) is 5.26 Å². The van der Waals surface area contributed by atoms with E-state index in [4.69, 9.17) is 15.8 Å². The molecule has 0 aliphatic carbocycles. The van der Waals surface area contributed by atoms with Crippen LogP contribution in [0.25, 0.3) is 0 Å². The minimum absolute atomic E-state index is 0.168. The van der Waals surface area contributed by atoms with E-state index in [1.165, 1.54) is 23.4 Å². The number of amides is 1. The van der Waals surface area contributed by atoms with Gasteiger partial charge in [0, 0.05) is 0 Å². The average molecular weight is 208 g/mol. The molecule has 1 aromatic rings. The standard InChI is InChI=1S/C7H8N6O2/c8-3-6(7(9)14)12-15-2-1-13-5-10-4-11-13/h4-5H,1-2H2,(H2,9,14)/b12-6+. The van der Waals surface area contributed by atoms with Crippen LogP contribution in [0.15, 0.2) is 17.8 Å². The Bertz CT molecular complexity index is 390. The van der Waals surface area contributed by atoms with Crippen molar-refractivity contribution < 1.29 is 9.63 Å². The maximum absolute atomic E-state index is 10.5. The zero-order valence-electron chi connectivity index (χ0n) is 7.70. The van der Waals surface area contributed by atoms with Gasteiger partial charge >= 0.3 is 0 Å². The topological polar surface area (TPSA) is 119 Å². The number of nitrogens with two attached hydrogens (primary N) is 1. The molecular weight excluding hydrogens is 200 g/mol. The number of carbonyl (C=O) groups is 1. The summed E-state index contributed by atoms with van der Waals surface area (Å²) in [7, 11) is 0. The van der Waals surface area contributed by atoms with Crippen molar-refractivity contribution in [3.63, 3.8) is 0 Å². The highest BCUT2D eigenvalue weighted by Gasteiger charge is 2.05. The predicted molar refractivity (Wildman–Crippen MR) is 48.2 cm³/mol. The molecule has 1 heterocycles. The molecule has 0 atom stereocenters. The smallest absolute Gasteiger partial charge is 0.281 e. The lowest BCUT2D eigenvalue weighted by Gasteiger charge is -1.98. The molecule has 0 bridgehead atoms. The van der Waals surface area contributed by atoms with E-state index in [1.807, 2.05) is 0 Å². The van der Waals surface area contributed by atoms with Crippen LogP contribution in [0.4, 0.5) is 0 Å². The Morgan fingerprint density at radius 1 is 1.73 bits per heavy atom. The highest BCUT2D eigenvalue weighted by Crippen LogP contribution is 1.85. The molecule has 0 aliphatic rings. The largest absolute Gasteiger partial charge is 0.393 e. The van der Waals surface area contributed by atoms with Crippen molar-refractivity contribution in [2.24, 2.45) is 10.9 Å². The van der Waals surface area contributed by atoms with Crippen LogP contribution < -0.4 is 5.73 Å². The van der Waals surface area contributed by atoms with Gasteiger partial charge in [-0.05, 0) is 0 Å². The fraction of sp³-hybridized carbons (Fsp3) is 0.286. The second kappa shape index (κ2) is 5.33. The van der Waals surface area contributed by atoms with Gasteiger partial charge in [0.05, 0.1) is 6.54 Å². The van der Waals surface area contributed by atoms with Gasteiger partial charge in [-0.2, -0.15) is 10.4 Å². The molecule has 1 rings (SSSR count). The number of primary amides is 1. The summed E-state index contributed by atoms with van der Waals surface area (Å²) in [4.78, 5) is 18.9. The molecule has 8 nitrogen and oxygen atoms in total. The molecule has 0 saturated heterocycles. The van der Waals surface area contributed by atoms with E-state index in [-0.39, 0.29) is 6.61 Å². The highest BCUT2D eigenvalue weighted by atomic mass is 16.6. The molecule has 0 radical (unpaired) electrons. The Morgan fingerprint density at radius 3 is 3.07 bits per heavy atom. The van der Waals surface area contributed by atoms with Crippen LogP contribution in [0.1, 0.15) is 0 Å². The summed E-state index contributed by atoms with van der Waals surface area (Å²) in [5.74, 6) is -0.918. The predicted octanol–water partition coefficient (Wildman–Crippen LogP) is -1.34. The Morgan fingerprint density at radius 2 is 2.53 bits per heavy atom. The second-order valence-electron chi connectivity index (χ2n) is 2.41. The molecule has 1 aromatic heterocycles. The lowest BCUT2D eigenvalue weighted by atomic mass is 10.4. The van der Waals surface area contributed by atoms with Crippen LogP contribution >= 0.6 is 0 Å². The molecular formula is C7H8N6O2. The summed E-state index contributed by atoms with van der Waals surface area (Å²) in [6.07, 6.45) is 2.89. The number of nitrogens with zero attached hydrogens (tertiary/aromatic N) is 5. The first-order valence-corrected chi connectivity index (χ1v) is 3.96. The van der Waals surface area contributed by atoms with Gasteiger partial charge in [0.15, 0.2) is 0 Å². The van der Waals surface area contributed by atoms with Crippen molar-refractivity contribution >= 4 is 11.6 Å². The van der Waals surface area contributed by atoms with E-state index >= 15 is 0 Å². The Labute approximate surface area is 84.9 Å². The quantitative estimate of drug-likeness (QED) is 0.365. The van der Waals surface area contributed by atoms with Crippen LogP contribution in [0.2, 0.25) is 0 Å². The third kappa shape index (κ3) is 3.43. The van der Waals surface area contributed by atoms with Gasteiger partial charge in [-0.15, -0.1) is 0 Å². The summed E-state index contributed by atoms with van der Waals surface area (Å²) in [5, 5.41) is 15.5. The number of oxime groups is 1. The first-order chi connectivity index (χ1) is 7.24. The number of aromatic nitrogens is 3. The highest BCUT2D eigenvalue weighted by molar-refractivity contribution is 6.44. The minimum Gasteiger partial charge on any atom is -0.393 e. The molecule has 15 heavy (non-hydrogen) atoms. The SMILES string of the molecule is N#C/C(=N\OCCn1cncn1)C(N)=O. The fourth-order valence-electron chi connectivity index (χ4n) is 0.713. The fourth-order valence-corrected chi connectivity index (χ4v) is 0.713. The van der Waals surface area contributed by atoms with Gasteiger partial charge in [0.1, 0.15) is 25.3 Å². The zero-order chi connectivity index (χ0) is 11.1. The van der Waals surface area contributed by atoms with Gasteiger partial charge in [-0.3, -0.25) is 4.79 Å². The van der Waals surface area contributed by atoms with Gasteiger partial charge in [0.2, 0.25) is 5.71 Å². The van der Waals surface area contributed by atoms with E-state index in [9.17, 15) is 4.79 Å². The molecule has 0 fully saturated rings. The third-order valence-electron chi connectivity index (χ3n) is 1.37. The Balaban J connectivity index is 2.33. The van der Waals surface area contributed by atoms with Crippen LogP contribution in [0.5, 0.6) is 0 Å². The minimum atomic E-state index is -0.918. The maximum atomic E-state index is 10.5. The summed E-state index contributed by atoms with van der Waals surface area (Å²) >= 11 is 0. The summed E-state index contributed by atoms with van der Waals surface area (Å²) in [6, 6.07) is 1.51. The summed E-state index contributed by atoms with van der Waals surface area (Å²) in [6.45, 7) is 0.586. The molecule has 0 unspecified atom stereocenters. The first-order valence-electron chi connectivity index (χ1n) is 3.96. The van der Waals surface area contributed by atoms with Crippen molar-refractivity contribution in [2.75, 3.05) is 6.61 Å². The summed E-state index contributed by atoms with van der Waals surface area (Å²) in [5.41, 5.74) is 4.36. The summed E-state index contributed by atoms with van der Waals surface area (Å²) < 4.78 is 1.52. The van der Waals surface area contributed by atoms with Crippen molar-refractivity contribution in [1.82, 2.24) is 14.8 Å². The lowest BCUT2D eigenvalue weighted by molar-refractivity contribution is -0.112. The number of hydrogen-bond donors (Lipinski definition) is 1. The van der Waals surface area contributed by atoms with E-state index in [2.05, 4.69) is 15.2 Å². The van der Waals surface area contributed by atoms with Crippen molar-refractivity contribution in [3.8, 4) is 6.07 Å². The molecule has 0 spiro atoms. The van der Waals surface area contributed by atoms with Crippen LogP contribution in [-0.4, -0.2) is 33.0 Å². The average Bonchev–Trinajstić information content (AvgIpc) is 2.70. The normalized spacial score (nSPS) is 10.7. The van der Waals surface area contributed by atoms with E-state index in [0.717, 1.165) is 0 Å². The molecule has 8 heteroatoms. The van der Waals surface area contributed by atoms with Gasteiger partial charge in [-0.25, -0.2) is 9.67 Å². The zero-order valence-corrected chi connectivity index (χ0v) is 7.70. The maximum Gasteiger partial charge on any atom is 0.281 e. The van der Waals surface area contributed by atoms with Crippen LogP contribution in [0.3, 0.4) is 0 Å². The van der Waals surface area contributed by atoms with Crippen LogP contribution in [-0.2, 0) is 16.2 Å². The van der Waals surface area contributed by atoms with Crippen molar-refractivity contribution in [2.45, 2.75) is 6.54 Å². The van der Waals surface area contributed by atoms with Crippen molar-refractivity contribution in [3.05, 3.63) is 12.7 Å². The van der Waals surface area contributed by atoms with Crippen LogP contribution in [0, 0.1) is 11.3 Å². The molecule has 0 aromatic carbocycles. The molecule has 0 saturated carbocycles. The van der Waals surface area contributed by atoms with Gasteiger partial charge < -0.3 is 10.6 Å². The Kier molecular flexibility index (Phi) is 3.79. The molecule has 0 aliphatic heterocycles. The molecule has 1 amide bonds. The number of hydrogen-bond acceptors (Lipinski definition) is 6. The van der Waals surface area contributed by atoms with Gasteiger partial charge in [0.25, 0.3) is 5.91 Å². The van der Waals surface area contributed by atoms with E-state index in [0.29, 0.717) is 6.54 Å². The van der Waals surface area contributed by atoms with E-state index in [1.54, 1.807) is 0 Å².